The van der Waals surface area contributed by atoms with Crippen LogP contribution in [0.2, 0.25) is 19.6 Å². The van der Waals surface area contributed by atoms with Crippen molar-refractivity contribution in [3.8, 4) is 5.75 Å². The molecule has 15 heavy (non-hydrogen) atoms. The number of benzene rings is 1. The summed E-state index contributed by atoms with van der Waals surface area (Å²) in [5, 5.41) is 0. The molecule has 0 aliphatic heterocycles. The van der Waals surface area contributed by atoms with Crippen molar-refractivity contribution in [2.75, 3.05) is 0 Å². The van der Waals surface area contributed by atoms with E-state index in [0.29, 0.717) is 0 Å². The Bertz CT molecular complexity index is 375. The summed E-state index contributed by atoms with van der Waals surface area (Å²) in [6.07, 6.45) is 0. The molecule has 0 saturated carbocycles. The van der Waals surface area contributed by atoms with E-state index in [-0.39, 0.29) is 0 Å². The SMILES string of the molecule is C=C(C)c1ccc(O[Si](C)(C)C)cc1C. The molecule has 0 radical (unpaired) electrons. The average Bonchev–Trinajstić information content (AvgIpc) is 1.99. The van der Waals surface area contributed by atoms with E-state index in [9.17, 15) is 0 Å². The second kappa shape index (κ2) is 4.23. The van der Waals surface area contributed by atoms with Gasteiger partial charge in [-0.2, -0.15) is 0 Å². The summed E-state index contributed by atoms with van der Waals surface area (Å²) in [7, 11) is -1.49. The van der Waals surface area contributed by atoms with Crippen molar-refractivity contribution in [3.05, 3.63) is 35.9 Å². The number of hydrogen-bond donors (Lipinski definition) is 0. The van der Waals surface area contributed by atoms with Crippen LogP contribution in [0.25, 0.3) is 5.57 Å². The Kier molecular flexibility index (Phi) is 3.40. The van der Waals surface area contributed by atoms with Gasteiger partial charge in [0.2, 0.25) is 8.32 Å². The van der Waals surface area contributed by atoms with Crippen LogP contribution < -0.4 is 4.43 Å². The summed E-state index contributed by atoms with van der Waals surface area (Å²) in [5.74, 6) is 0.983. The zero-order valence-corrected chi connectivity index (χ0v) is 11.3. The topological polar surface area (TPSA) is 9.23 Å². The third-order valence-electron chi connectivity index (χ3n) is 2.08. The van der Waals surface area contributed by atoms with E-state index >= 15 is 0 Å². The molecule has 0 N–H and O–H groups in total. The molecule has 0 spiro atoms. The molecule has 0 heterocycles. The molecule has 1 rings (SSSR count). The highest BCUT2D eigenvalue weighted by molar-refractivity contribution is 6.70. The predicted octanol–water partition coefficient (Wildman–Crippen LogP) is 4.24. The van der Waals surface area contributed by atoms with Crippen LogP contribution in [0.3, 0.4) is 0 Å². The first-order chi connectivity index (χ1) is 6.79. The van der Waals surface area contributed by atoms with E-state index in [2.05, 4.69) is 45.3 Å². The van der Waals surface area contributed by atoms with Gasteiger partial charge in [0.15, 0.2) is 0 Å². The maximum absolute atomic E-state index is 5.93. The standard InChI is InChI=1S/C13H20OSi/c1-10(2)13-8-7-12(9-11(13)3)14-15(4,5)6/h7-9H,1H2,2-6H3. The summed E-state index contributed by atoms with van der Waals surface area (Å²) in [5.41, 5.74) is 3.56. The number of rotatable bonds is 3. The molecular formula is C13H20OSi. The van der Waals surface area contributed by atoms with Gasteiger partial charge in [-0.15, -0.1) is 0 Å². The van der Waals surface area contributed by atoms with Crippen LogP contribution in [0.1, 0.15) is 18.1 Å². The molecule has 0 aliphatic carbocycles. The van der Waals surface area contributed by atoms with Gasteiger partial charge in [-0.25, -0.2) is 0 Å². The largest absolute Gasteiger partial charge is 0.544 e. The first kappa shape index (κ1) is 12.0. The molecule has 0 unspecified atom stereocenters. The van der Waals surface area contributed by atoms with Crippen LogP contribution in [0.15, 0.2) is 24.8 Å². The Morgan fingerprint density at radius 2 is 1.87 bits per heavy atom. The minimum atomic E-state index is -1.49. The second-order valence-corrected chi connectivity index (χ2v) is 9.40. The molecule has 1 aromatic rings. The Morgan fingerprint density at radius 1 is 1.27 bits per heavy atom. The molecule has 0 bridgehead atoms. The molecule has 2 heteroatoms. The monoisotopic (exact) mass is 220 g/mol. The lowest BCUT2D eigenvalue weighted by Crippen LogP contribution is -2.29. The van der Waals surface area contributed by atoms with E-state index in [1.807, 2.05) is 13.0 Å². The Labute approximate surface area is 93.9 Å². The summed E-state index contributed by atoms with van der Waals surface area (Å²) < 4.78 is 5.93. The van der Waals surface area contributed by atoms with Crippen molar-refractivity contribution in [3.63, 3.8) is 0 Å². The molecule has 0 amide bonds. The summed E-state index contributed by atoms with van der Waals surface area (Å²) in [6, 6.07) is 6.23. The minimum absolute atomic E-state index is 0.983. The zero-order valence-electron chi connectivity index (χ0n) is 10.3. The maximum Gasteiger partial charge on any atom is 0.242 e. The van der Waals surface area contributed by atoms with Gasteiger partial charge in [-0.3, -0.25) is 0 Å². The molecule has 82 valence electrons. The number of allylic oxidation sites excluding steroid dienone is 1. The van der Waals surface area contributed by atoms with Crippen molar-refractivity contribution in [1.82, 2.24) is 0 Å². The van der Waals surface area contributed by atoms with Crippen LogP contribution >= 0.6 is 0 Å². The molecule has 1 aromatic carbocycles. The Balaban J connectivity index is 2.97. The first-order valence-electron chi connectivity index (χ1n) is 5.25. The average molecular weight is 220 g/mol. The highest BCUT2D eigenvalue weighted by atomic mass is 28.4. The molecule has 0 aromatic heterocycles. The Hall–Kier alpha value is -1.02. The van der Waals surface area contributed by atoms with E-state index in [4.69, 9.17) is 4.43 Å². The lowest BCUT2D eigenvalue weighted by atomic mass is 10.0. The van der Waals surface area contributed by atoms with Gasteiger partial charge in [0.05, 0.1) is 0 Å². The number of hydrogen-bond acceptors (Lipinski definition) is 1. The third-order valence-corrected chi connectivity index (χ3v) is 2.93. The van der Waals surface area contributed by atoms with Gasteiger partial charge >= 0.3 is 0 Å². The minimum Gasteiger partial charge on any atom is -0.544 e. The van der Waals surface area contributed by atoms with E-state index < -0.39 is 8.32 Å². The van der Waals surface area contributed by atoms with Gasteiger partial charge in [-0.1, -0.05) is 18.2 Å². The highest BCUT2D eigenvalue weighted by Crippen LogP contribution is 2.23. The highest BCUT2D eigenvalue weighted by Gasteiger charge is 2.16. The van der Waals surface area contributed by atoms with Gasteiger partial charge in [0, 0.05) is 0 Å². The molecule has 0 aliphatic rings. The van der Waals surface area contributed by atoms with Crippen LogP contribution in [-0.2, 0) is 0 Å². The normalized spacial score (nSPS) is 11.3. The van der Waals surface area contributed by atoms with Gasteiger partial charge < -0.3 is 4.43 Å². The predicted molar refractivity (Wildman–Crippen MR) is 69.9 cm³/mol. The molecule has 0 saturated heterocycles. The summed E-state index contributed by atoms with van der Waals surface area (Å²) >= 11 is 0. The van der Waals surface area contributed by atoms with Gasteiger partial charge in [0.25, 0.3) is 0 Å². The maximum atomic E-state index is 5.93. The van der Waals surface area contributed by atoms with Crippen molar-refractivity contribution < 1.29 is 4.43 Å². The van der Waals surface area contributed by atoms with Crippen molar-refractivity contribution in [1.29, 1.82) is 0 Å². The third kappa shape index (κ3) is 3.55. The lowest BCUT2D eigenvalue weighted by Gasteiger charge is -2.20. The van der Waals surface area contributed by atoms with Gasteiger partial charge in [-0.05, 0) is 56.7 Å². The van der Waals surface area contributed by atoms with Gasteiger partial charge in [0.1, 0.15) is 5.75 Å². The van der Waals surface area contributed by atoms with Crippen LogP contribution in [-0.4, -0.2) is 8.32 Å². The fraction of sp³-hybridized carbons (Fsp3) is 0.385. The molecular weight excluding hydrogens is 200 g/mol. The zero-order chi connectivity index (χ0) is 11.6. The first-order valence-corrected chi connectivity index (χ1v) is 8.66. The quantitative estimate of drug-likeness (QED) is 0.692. The fourth-order valence-corrected chi connectivity index (χ4v) is 2.37. The molecule has 0 atom stereocenters. The fourth-order valence-electron chi connectivity index (χ4n) is 1.53. The van der Waals surface area contributed by atoms with Crippen molar-refractivity contribution in [2.24, 2.45) is 0 Å². The van der Waals surface area contributed by atoms with Crippen LogP contribution in [0, 0.1) is 6.92 Å². The van der Waals surface area contributed by atoms with Crippen LogP contribution in [0.4, 0.5) is 0 Å². The summed E-state index contributed by atoms with van der Waals surface area (Å²) in [4.78, 5) is 0. The lowest BCUT2D eigenvalue weighted by molar-refractivity contribution is 0.557. The van der Waals surface area contributed by atoms with Crippen LogP contribution in [0.5, 0.6) is 5.75 Å². The molecule has 0 fully saturated rings. The van der Waals surface area contributed by atoms with Crippen molar-refractivity contribution in [2.45, 2.75) is 33.5 Å². The summed E-state index contributed by atoms with van der Waals surface area (Å²) in [6.45, 7) is 14.7. The number of aryl methyl sites for hydroxylation is 1. The second-order valence-electron chi connectivity index (χ2n) is 4.97. The Morgan fingerprint density at radius 3 is 2.27 bits per heavy atom. The smallest absolute Gasteiger partial charge is 0.242 e. The van der Waals surface area contributed by atoms with E-state index in [1.54, 1.807) is 0 Å². The molecule has 1 nitrogen and oxygen atoms in total. The van der Waals surface area contributed by atoms with Crippen molar-refractivity contribution >= 4 is 13.9 Å². The van der Waals surface area contributed by atoms with E-state index in [1.165, 1.54) is 11.1 Å². The van der Waals surface area contributed by atoms with E-state index in [0.717, 1.165) is 11.3 Å².